The van der Waals surface area contributed by atoms with E-state index in [0.717, 1.165) is 4.43 Å². The first kappa shape index (κ1) is 5.96. The number of alkyl halides is 1. The SMILES string of the molecule is O=CC#CCI. The van der Waals surface area contributed by atoms with Crippen molar-refractivity contribution in [2.75, 3.05) is 4.43 Å². The highest BCUT2D eigenvalue weighted by atomic mass is 127. The van der Waals surface area contributed by atoms with Crippen molar-refractivity contribution in [3.63, 3.8) is 0 Å². The summed E-state index contributed by atoms with van der Waals surface area (Å²) in [5.41, 5.74) is 0. The summed E-state index contributed by atoms with van der Waals surface area (Å²) >= 11 is 2.08. The second kappa shape index (κ2) is 4.96. The Kier molecular flexibility index (Phi) is 4.93. The number of aldehydes is 1. The van der Waals surface area contributed by atoms with Gasteiger partial charge in [-0.1, -0.05) is 28.5 Å². The highest BCUT2D eigenvalue weighted by molar-refractivity contribution is 14.1. The summed E-state index contributed by atoms with van der Waals surface area (Å²) in [5, 5.41) is 0. The molecule has 1 nitrogen and oxygen atoms in total. The first-order chi connectivity index (χ1) is 2.91. The van der Waals surface area contributed by atoms with E-state index < -0.39 is 0 Å². The van der Waals surface area contributed by atoms with Gasteiger partial charge < -0.3 is 0 Å². The molecule has 0 aliphatic carbocycles. The fourth-order valence-corrected chi connectivity index (χ4v) is 0.300. The molecule has 0 aromatic heterocycles. The molecule has 0 aromatic carbocycles. The Balaban J connectivity index is 3.13. The van der Waals surface area contributed by atoms with Crippen LogP contribution in [0.4, 0.5) is 0 Å². The number of carbonyl (C=O) groups is 1. The standard InChI is InChI=1S/C4H3IO/c5-3-1-2-4-6/h4H,3H2. The number of halogens is 1. The van der Waals surface area contributed by atoms with E-state index >= 15 is 0 Å². The topological polar surface area (TPSA) is 17.1 Å². The molecule has 2 heteroatoms. The van der Waals surface area contributed by atoms with Crippen LogP contribution in [0.2, 0.25) is 0 Å². The first-order valence-corrected chi connectivity index (χ1v) is 2.92. The van der Waals surface area contributed by atoms with E-state index in [1.807, 2.05) is 0 Å². The van der Waals surface area contributed by atoms with Crippen LogP contribution in [-0.2, 0) is 4.79 Å². The van der Waals surface area contributed by atoms with Gasteiger partial charge in [-0.2, -0.15) is 0 Å². The minimum atomic E-state index is 0.596. The Bertz CT molecular complexity index is 87.5. The zero-order chi connectivity index (χ0) is 4.83. The van der Waals surface area contributed by atoms with Gasteiger partial charge in [0.15, 0.2) is 6.29 Å². The molecule has 0 saturated carbocycles. The van der Waals surface area contributed by atoms with Crippen LogP contribution in [0, 0.1) is 11.8 Å². The van der Waals surface area contributed by atoms with Gasteiger partial charge in [-0.05, 0) is 5.92 Å². The van der Waals surface area contributed by atoms with Gasteiger partial charge in [-0.15, -0.1) is 0 Å². The van der Waals surface area contributed by atoms with Gasteiger partial charge in [-0.25, -0.2) is 0 Å². The zero-order valence-electron chi connectivity index (χ0n) is 3.07. The van der Waals surface area contributed by atoms with Crippen LogP contribution in [0.3, 0.4) is 0 Å². The highest BCUT2D eigenvalue weighted by Crippen LogP contribution is 1.71. The molecule has 0 rings (SSSR count). The van der Waals surface area contributed by atoms with Crippen LogP contribution >= 0.6 is 22.6 Å². The largest absolute Gasteiger partial charge is 0.289 e. The Morgan fingerprint density at radius 2 is 2.50 bits per heavy atom. The monoisotopic (exact) mass is 194 g/mol. The summed E-state index contributed by atoms with van der Waals surface area (Å²) in [6, 6.07) is 0. The van der Waals surface area contributed by atoms with Crippen molar-refractivity contribution in [1.29, 1.82) is 0 Å². The number of carbonyl (C=O) groups excluding carboxylic acids is 1. The summed E-state index contributed by atoms with van der Waals surface area (Å²) in [7, 11) is 0. The lowest BCUT2D eigenvalue weighted by atomic mass is 10.7. The second-order valence-corrected chi connectivity index (χ2v) is 1.34. The van der Waals surface area contributed by atoms with Crippen LogP contribution in [0.15, 0.2) is 0 Å². The quantitative estimate of drug-likeness (QED) is 0.239. The fraction of sp³-hybridized carbons (Fsp3) is 0.250. The van der Waals surface area contributed by atoms with Gasteiger partial charge in [0, 0.05) is 0 Å². The van der Waals surface area contributed by atoms with Crippen molar-refractivity contribution in [1.82, 2.24) is 0 Å². The van der Waals surface area contributed by atoms with E-state index in [4.69, 9.17) is 0 Å². The van der Waals surface area contributed by atoms with Crippen LogP contribution in [-0.4, -0.2) is 10.7 Å². The lowest BCUT2D eigenvalue weighted by Crippen LogP contribution is -1.60. The van der Waals surface area contributed by atoms with Crippen molar-refractivity contribution in [3.05, 3.63) is 0 Å². The maximum Gasteiger partial charge on any atom is 0.192 e. The third-order valence-corrected chi connectivity index (χ3v) is 0.609. The van der Waals surface area contributed by atoms with E-state index in [2.05, 4.69) is 34.4 Å². The molecule has 0 atom stereocenters. The maximum absolute atomic E-state index is 9.39. The third kappa shape index (κ3) is 3.96. The average Bonchev–Trinajstić information content (AvgIpc) is 1.61. The van der Waals surface area contributed by atoms with Gasteiger partial charge in [-0.3, -0.25) is 4.79 Å². The molecule has 0 bridgehead atoms. The van der Waals surface area contributed by atoms with Crippen molar-refractivity contribution in [2.45, 2.75) is 0 Å². The molecule has 0 N–H and O–H groups in total. The molecule has 6 heavy (non-hydrogen) atoms. The first-order valence-electron chi connectivity index (χ1n) is 1.40. The molecule has 0 saturated heterocycles. The van der Waals surface area contributed by atoms with Crippen molar-refractivity contribution >= 4 is 28.9 Å². The van der Waals surface area contributed by atoms with Crippen LogP contribution < -0.4 is 0 Å². The highest BCUT2D eigenvalue weighted by Gasteiger charge is 1.56. The molecule has 0 radical (unpaired) electrons. The van der Waals surface area contributed by atoms with Crippen LogP contribution in [0.1, 0.15) is 0 Å². The lowest BCUT2D eigenvalue weighted by Gasteiger charge is -1.56. The lowest BCUT2D eigenvalue weighted by molar-refractivity contribution is -0.103. The predicted molar refractivity (Wildman–Crippen MR) is 32.7 cm³/mol. The van der Waals surface area contributed by atoms with Crippen LogP contribution in [0.5, 0.6) is 0 Å². The summed E-state index contributed by atoms with van der Waals surface area (Å²) in [6.45, 7) is 0. The maximum atomic E-state index is 9.39. The summed E-state index contributed by atoms with van der Waals surface area (Å²) in [4.78, 5) is 9.39. The second-order valence-electron chi connectivity index (χ2n) is 0.573. The van der Waals surface area contributed by atoms with E-state index in [1.165, 1.54) is 0 Å². The summed E-state index contributed by atoms with van der Waals surface area (Å²) in [6.07, 6.45) is 0.596. The predicted octanol–water partition coefficient (Wildman–Crippen LogP) is 0.624. The Morgan fingerprint density at radius 3 is 2.67 bits per heavy atom. The summed E-state index contributed by atoms with van der Waals surface area (Å²) in [5.74, 6) is 4.83. The van der Waals surface area contributed by atoms with E-state index in [9.17, 15) is 4.79 Å². The Morgan fingerprint density at radius 1 is 1.83 bits per heavy atom. The molecule has 0 aromatic rings. The molecular formula is C4H3IO. The molecule has 0 spiro atoms. The van der Waals surface area contributed by atoms with E-state index in [1.54, 1.807) is 0 Å². The van der Waals surface area contributed by atoms with Crippen LogP contribution in [0.25, 0.3) is 0 Å². The number of hydrogen-bond acceptors (Lipinski definition) is 1. The van der Waals surface area contributed by atoms with E-state index in [0.29, 0.717) is 6.29 Å². The van der Waals surface area contributed by atoms with Gasteiger partial charge in [0.05, 0.1) is 4.43 Å². The molecular weight excluding hydrogens is 191 g/mol. The molecule has 0 fully saturated rings. The third-order valence-electron chi connectivity index (χ3n) is 0.228. The molecule has 0 amide bonds. The van der Waals surface area contributed by atoms with Gasteiger partial charge in [0.25, 0.3) is 0 Å². The average molecular weight is 194 g/mol. The van der Waals surface area contributed by atoms with Crippen molar-refractivity contribution < 1.29 is 4.79 Å². The molecule has 32 valence electrons. The van der Waals surface area contributed by atoms with Gasteiger partial charge in [0.1, 0.15) is 0 Å². The van der Waals surface area contributed by atoms with Gasteiger partial charge in [0.2, 0.25) is 0 Å². The molecule has 0 heterocycles. The summed E-state index contributed by atoms with van der Waals surface area (Å²) < 4.78 is 0.733. The Hall–Kier alpha value is -0.0400. The molecule has 0 aliphatic heterocycles. The zero-order valence-corrected chi connectivity index (χ0v) is 5.23. The minimum Gasteiger partial charge on any atom is -0.289 e. The van der Waals surface area contributed by atoms with Crippen molar-refractivity contribution in [2.24, 2.45) is 0 Å². The minimum absolute atomic E-state index is 0.596. The number of rotatable bonds is 0. The smallest absolute Gasteiger partial charge is 0.192 e. The Labute approximate surface area is 50.3 Å². The number of hydrogen-bond donors (Lipinski definition) is 0. The van der Waals surface area contributed by atoms with Crippen molar-refractivity contribution in [3.8, 4) is 11.8 Å². The normalized spacial score (nSPS) is 5.50. The fourth-order valence-electron chi connectivity index (χ4n) is 0.0802. The molecule has 0 unspecified atom stereocenters. The van der Waals surface area contributed by atoms with Gasteiger partial charge >= 0.3 is 0 Å². The molecule has 0 aliphatic rings. The van der Waals surface area contributed by atoms with E-state index in [-0.39, 0.29) is 0 Å².